The molecule has 0 aliphatic carbocycles. The van der Waals surface area contributed by atoms with Crippen LogP contribution in [0.2, 0.25) is 0 Å². The van der Waals surface area contributed by atoms with Crippen molar-refractivity contribution in [3.8, 4) is 6.07 Å². The van der Waals surface area contributed by atoms with Gasteiger partial charge in [-0.2, -0.15) is 5.26 Å². The minimum atomic E-state index is 0.619. The molecule has 0 heterocycles. The largest absolute Gasteiger partial charge is 0.297 e. The molecule has 0 radical (unpaired) electrons. The lowest BCUT2D eigenvalue weighted by molar-refractivity contribution is 0.361. The van der Waals surface area contributed by atoms with E-state index in [2.05, 4.69) is 12.6 Å². The molecule has 15 heavy (non-hydrogen) atoms. The Morgan fingerprint density at radius 1 is 1.60 bits per heavy atom. The normalized spacial score (nSPS) is 10.0. The van der Waals surface area contributed by atoms with Crippen molar-refractivity contribution in [3.63, 3.8) is 0 Å². The molecule has 0 bridgehead atoms. The summed E-state index contributed by atoms with van der Waals surface area (Å²) < 4.78 is 0. The summed E-state index contributed by atoms with van der Waals surface area (Å²) in [4.78, 5) is 2.05. The van der Waals surface area contributed by atoms with Gasteiger partial charge in [0.2, 0.25) is 0 Å². The summed E-state index contributed by atoms with van der Waals surface area (Å²) in [6, 6.07) is 9.68. The second-order valence-corrected chi connectivity index (χ2v) is 4.04. The number of benzene rings is 1. The van der Waals surface area contributed by atoms with E-state index in [1.165, 1.54) is 0 Å². The fourth-order valence-electron chi connectivity index (χ4n) is 1.40. The third kappa shape index (κ3) is 4.16. The lowest BCUT2D eigenvalue weighted by Crippen LogP contribution is -2.18. The standard InChI is InChI=1S/C12H13ClN2/c1-10(13)8-15(2)9-12-5-3-4-11(6-12)7-14/h3-6H,1,8-9H2,2H3. The molecule has 78 valence electrons. The van der Waals surface area contributed by atoms with Crippen molar-refractivity contribution < 1.29 is 0 Å². The van der Waals surface area contributed by atoms with Gasteiger partial charge in [0, 0.05) is 18.1 Å². The van der Waals surface area contributed by atoms with Crippen LogP contribution in [0.15, 0.2) is 35.9 Å². The molecule has 0 aliphatic heterocycles. The van der Waals surface area contributed by atoms with Crippen LogP contribution in [0.5, 0.6) is 0 Å². The first kappa shape index (κ1) is 11.8. The molecule has 0 unspecified atom stereocenters. The van der Waals surface area contributed by atoms with Crippen molar-refractivity contribution in [3.05, 3.63) is 47.0 Å². The van der Waals surface area contributed by atoms with E-state index in [9.17, 15) is 0 Å². The quantitative estimate of drug-likeness (QED) is 0.780. The summed E-state index contributed by atoms with van der Waals surface area (Å²) >= 11 is 5.71. The Balaban J connectivity index is 2.64. The van der Waals surface area contributed by atoms with Crippen LogP contribution in [0.3, 0.4) is 0 Å². The fourth-order valence-corrected chi connectivity index (χ4v) is 1.60. The van der Waals surface area contributed by atoms with Gasteiger partial charge < -0.3 is 0 Å². The summed E-state index contributed by atoms with van der Waals surface area (Å²) in [6.07, 6.45) is 0. The molecule has 3 heteroatoms. The first-order valence-corrected chi connectivity index (χ1v) is 5.00. The van der Waals surface area contributed by atoms with Crippen molar-refractivity contribution in [2.75, 3.05) is 13.6 Å². The molecule has 0 saturated carbocycles. The summed E-state index contributed by atoms with van der Waals surface area (Å²) in [5.41, 5.74) is 1.79. The Hall–Kier alpha value is -1.30. The highest BCUT2D eigenvalue weighted by atomic mass is 35.5. The van der Waals surface area contributed by atoms with E-state index in [1.807, 2.05) is 30.1 Å². The highest BCUT2D eigenvalue weighted by Gasteiger charge is 2.01. The first-order chi connectivity index (χ1) is 7.11. The van der Waals surface area contributed by atoms with Gasteiger partial charge in [0.1, 0.15) is 0 Å². The fraction of sp³-hybridized carbons (Fsp3) is 0.250. The molecule has 0 atom stereocenters. The molecule has 1 rings (SSSR count). The van der Waals surface area contributed by atoms with Crippen molar-refractivity contribution in [1.29, 1.82) is 5.26 Å². The van der Waals surface area contributed by atoms with E-state index in [-0.39, 0.29) is 0 Å². The van der Waals surface area contributed by atoms with E-state index in [0.29, 0.717) is 17.1 Å². The van der Waals surface area contributed by atoms with Gasteiger partial charge >= 0.3 is 0 Å². The van der Waals surface area contributed by atoms with E-state index >= 15 is 0 Å². The maximum absolute atomic E-state index is 8.74. The van der Waals surface area contributed by atoms with Gasteiger partial charge in [0.25, 0.3) is 0 Å². The molecule has 1 aromatic carbocycles. The number of halogens is 1. The van der Waals surface area contributed by atoms with Gasteiger partial charge in [0.15, 0.2) is 0 Å². The zero-order valence-corrected chi connectivity index (χ0v) is 9.46. The van der Waals surface area contributed by atoms with Crippen LogP contribution < -0.4 is 0 Å². The Bertz CT molecular complexity index is 393. The third-order valence-electron chi connectivity index (χ3n) is 1.95. The summed E-state index contributed by atoms with van der Waals surface area (Å²) in [5, 5.41) is 9.36. The number of rotatable bonds is 4. The molecule has 0 amide bonds. The Kier molecular flexibility index (Phi) is 4.36. The molecule has 0 saturated heterocycles. The maximum Gasteiger partial charge on any atom is 0.0991 e. The van der Waals surface area contributed by atoms with E-state index in [1.54, 1.807) is 6.07 Å². The minimum Gasteiger partial charge on any atom is -0.297 e. The predicted molar refractivity (Wildman–Crippen MR) is 62.5 cm³/mol. The zero-order valence-electron chi connectivity index (χ0n) is 8.70. The number of likely N-dealkylation sites (N-methyl/N-ethyl adjacent to an activating group) is 1. The molecule has 0 N–H and O–H groups in total. The van der Waals surface area contributed by atoms with Crippen molar-refractivity contribution in [1.82, 2.24) is 4.90 Å². The first-order valence-electron chi connectivity index (χ1n) is 4.62. The van der Waals surface area contributed by atoms with Gasteiger partial charge in [-0.15, -0.1) is 0 Å². The molecular weight excluding hydrogens is 208 g/mol. The van der Waals surface area contributed by atoms with Gasteiger partial charge in [-0.1, -0.05) is 30.3 Å². The second-order valence-electron chi connectivity index (χ2n) is 3.50. The van der Waals surface area contributed by atoms with Crippen LogP contribution in [0.25, 0.3) is 0 Å². The highest BCUT2D eigenvalue weighted by Crippen LogP contribution is 2.08. The summed E-state index contributed by atoms with van der Waals surface area (Å²) in [7, 11) is 1.96. The Morgan fingerprint density at radius 3 is 2.93 bits per heavy atom. The number of nitriles is 1. The molecule has 0 fully saturated rings. The van der Waals surface area contributed by atoms with Crippen LogP contribution in [0.1, 0.15) is 11.1 Å². The van der Waals surface area contributed by atoms with Crippen LogP contribution in [-0.2, 0) is 6.54 Å². The molecule has 0 aliphatic rings. The van der Waals surface area contributed by atoms with Crippen LogP contribution >= 0.6 is 11.6 Å². The van der Waals surface area contributed by atoms with Crippen molar-refractivity contribution in [2.45, 2.75) is 6.54 Å². The van der Waals surface area contributed by atoms with Crippen molar-refractivity contribution >= 4 is 11.6 Å². The van der Waals surface area contributed by atoms with Gasteiger partial charge in [-0.3, -0.25) is 4.90 Å². The smallest absolute Gasteiger partial charge is 0.0991 e. The predicted octanol–water partition coefficient (Wildman–Crippen LogP) is 2.74. The summed E-state index contributed by atoms with van der Waals surface area (Å²) in [5.74, 6) is 0. The third-order valence-corrected chi connectivity index (χ3v) is 2.07. The van der Waals surface area contributed by atoms with Crippen molar-refractivity contribution in [2.24, 2.45) is 0 Å². The van der Waals surface area contributed by atoms with E-state index < -0.39 is 0 Å². The zero-order chi connectivity index (χ0) is 11.3. The van der Waals surface area contributed by atoms with Gasteiger partial charge in [-0.25, -0.2) is 0 Å². The molecule has 0 aromatic heterocycles. The van der Waals surface area contributed by atoms with Crippen LogP contribution in [0, 0.1) is 11.3 Å². The average molecular weight is 221 g/mol. The molecule has 0 spiro atoms. The van der Waals surface area contributed by atoms with Gasteiger partial charge in [-0.05, 0) is 24.7 Å². The Labute approximate surface area is 95.4 Å². The average Bonchev–Trinajstić information content (AvgIpc) is 2.16. The lowest BCUT2D eigenvalue weighted by Gasteiger charge is -2.15. The minimum absolute atomic E-state index is 0.619. The lowest BCUT2D eigenvalue weighted by atomic mass is 10.1. The second kappa shape index (κ2) is 5.55. The molecule has 2 nitrogen and oxygen atoms in total. The molecular formula is C12H13ClN2. The summed E-state index contributed by atoms with van der Waals surface area (Å²) in [6.45, 7) is 5.06. The van der Waals surface area contributed by atoms with Crippen LogP contribution in [-0.4, -0.2) is 18.5 Å². The van der Waals surface area contributed by atoms with Crippen LogP contribution in [0.4, 0.5) is 0 Å². The maximum atomic E-state index is 8.74. The SMILES string of the molecule is C=C(Cl)CN(C)Cc1cccc(C#N)c1. The highest BCUT2D eigenvalue weighted by molar-refractivity contribution is 6.29. The van der Waals surface area contributed by atoms with Gasteiger partial charge in [0.05, 0.1) is 11.6 Å². The Morgan fingerprint density at radius 2 is 2.33 bits per heavy atom. The van der Waals surface area contributed by atoms with E-state index in [4.69, 9.17) is 16.9 Å². The number of hydrogen-bond acceptors (Lipinski definition) is 2. The number of hydrogen-bond donors (Lipinski definition) is 0. The monoisotopic (exact) mass is 220 g/mol. The topological polar surface area (TPSA) is 27.0 Å². The molecule has 1 aromatic rings. The number of nitrogens with zero attached hydrogens (tertiary/aromatic N) is 2. The van der Waals surface area contributed by atoms with E-state index in [0.717, 1.165) is 12.1 Å².